The van der Waals surface area contributed by atoms with E-state index in [1.165, 1.54) is 0 Å². The zero-order chi connectivity index (χ0) is 11.5. The third kappa shape index (κ3) is 2.09. The van der Waals surface area contributed by atoms with Gasteiger partial charge in [0.25, 0.3) is 0 Å². The second kappa shape index (κ2) is 4.40. The third-order valence-corrected chi connectivity index (χ3v) is 2.24. The Bertz CT molecular complexity index is 414. The monoisotopic (exact) mass is 223 g/mol. The van der Waals surface area contributed by atoms with Gasteiger partial charge in [-0.15, -0.1) is 0 Å². The molecule has 1 aliphatic rings. The number of rotatable bonds is 3. The van der Waals surface area contributed by atoms with Crippen molar-refractivity contribution < 1.29 is 19.8 Å². The lowest BCUT2D eigenvalue weighted by Gasteiger charge is -2.08. The Kier molecular flexibility index (Phi) is 2.96. The molecular weight excluding hydrogens is 210 g/mol. The second-order valence-electron chi connectivity index (χ2n) is 3.65. The first-order chi connectivity index (χ1) is 7.70. The van der Waals surface area contributed by atoms with Crippen LogP contribution in [0.5, 0.6) is 11.5 Å². The highest BCUT2D eigenvalue weighted by Crippen LogP contribution is 2.29. The van der Waals surface area contributed by atoms with Crippen molar-refractivity contribution in [2.75, 3.05) is 13.2 Å². The molecule has 0 spiro atoms. The van der Waals surface area contributed by atoms with Crippen LogP contribution in [0.4, 0.5) is 0 Å². The zero-order valence-corrected chi connectivity index (χ0v) is 8.88. The highest BCUT2D eigenvalue weighted by Gasteiger charge is 2.20. The molecule has 16 heavy (non-hydrogen) atoms. The fourth-order valence-electron chi connectivity index (χ4n) is 1.47. The lowest BCUT2D eigenvalue weighted by atomic mass is 10.1. The average molecular weight is 223 g/mol. The summed E-state index contributed by atoms with van der Waals surface area (Å²) >= 11 is 0. The summed E-state index contributed by atoms with van der Waals surface area (Å²) in [4.78, 5) is 0. The summed E-state index contributed by atoms with van der Waals surface area (Å²) in [5.74, 6) is 1.26. The normalized spacial score (nSPS) is 18.0. The summed E-state index contributed by atoms with van der Waals surface area (Å²) < 4.78 is 10.6. The van der Waals surface area contributed by atoms with Gasteiger partial charge in [-0.2, -0.15) is 0 Å². The van der Waals surface area contributed by atoms with Crippen LogP contribution in [-0.4, -0.2) is 35.3 Å². The van der Waals surface area contributed by atoms with E-state index in [-0.39, 0.29) is 13.2 Å². The number of aliphatic hydroxyl groups excluding tert-OH is 1. The van der Waals surface area contributed by atoms with Crippen LogP contribution >= 0.6 is 0 Å². The van der Waals surface area contributed by atoms with Crippen LogP contribution in [-0.2, 0) is 0 Å². The van der Waals surface area contributed by atoms with E-state index in [0.29, 0.717) is 17.2 Å². The van der Waals surface area contributed by atoms with Gasteiger partial charge < -0.3 is 19.8 Å². The number of nitrogens with zero attached hydrogens (tertiary/aromatic N) is 1. The molecule has 1 unspecified atom stereocenters. The third-order valence-electron chi connectivity index (χ3n) is 2.24. The van der Waals surface area contributed by atoms with Gasteiger partial charge in [-0.05, 0) is 19.1 Å². The van der Waals surface area contributed by atoms with E-state index in [0.717, 1.165) is 5.56 Å². The van der Waals surface area contributed by atoms with E-state index in [9.17, 15) is 0 Å². The molecule has 2 rings (SSSR count). The van der Waals surface area contributed by atoms with Crippen LogP contribution in [0, 0.1) is 0 Å². The number of ether oxygens (including phenoxy) is 2. The van der Waals surface area contributed by atoms with Crippen molar-refractivity contribution >= 4 is 5.71 Å². The Morgan fingerprint density at radius 1 is 1.56 bits per heavy atom. The molecule has 0 fully saturated rings. The molecule has 86 valence electrons. The van der Waals surface area contributed by atoms with Crippen molar-refractivity contribution in [3.05, 3.63) is 23.8 Å². The summed E-state index contributed by atoms with van der Waals surface area (Å²) in [6.07, 6.45) is -0.510. The topological polar surface area (TPSA) is 71.3 Å². The number of hydrogen-bond acceptors (Lipinski definition) is 5. The molecule has 1 heterocycles. The summed E-state index contributed by atoms with van der Waals surface area (Å²) in [6.45, 7) is 2.16. The van der Waals surface area contributed by atoms with Crippen LogP contribution in [0.15, 0.2) is 23.4 Å². The fourth-order valence-corrected chi connectivity index (χ4v) is 1.47. The summed E-state index contributed by atoms with van der Waals surface area (Å²) in [7, 11) is 0. The van der Waals surface area contributed by atoms with Gasteiger partial charge in [0.2, 0.25) is 0 Å². The Labute approximate surface area is 92.9 Å². The molecule has 0 saturated carbocycles. The van der Waals surface area contributed by atoms with E-state index in [1.807, 2.05) is 0 Å². The summed E-state index contributed by atoms with van der Waals surface area (Å²) in [5, 5.41) is 20.9. The minimum absolute atomic E-state index is 0.236. The van der Waals surface area contributed by atoms with E-state index < -0.39 is 6.10 Å². The maximum absolute atomic E-state index is 9.08. The van der Waals surface area contributed by atoms with Gasteiger partial charge in [-0.1, -0.05) is 5.16 Å². The maximum Gasteiger partial charge on any atom is 0.134 e. The van der Waals surface area contributed by atoms with E-state index in [4.69, 9.17) is 19.8 Å². The lowest BCUT2D eigenvalue weighted by molar-refractivity contribution is 0.122. The van der Waals surface area contributed by atoms with Crippen molar-refractivity contribution in [2.45, 2.75) is 13.0 Å². The molecule has 5 nitrogen and oxygen atoms in total. The molecule has 0 amide bonds. The first-order valence-electron chi connectivity index (χ1n) is 4.99. The van der Waals surface area contributed by atoms with E-state index in [1.54, 1.807) is 25.1 Å². The molecule has 5 heteroatoms. The maximum atomic E-state index is 9.08. The average Bonchev–Trinajstić information content (AvgIpc) is 2.68. The molecule has 1 aromatic carbocycles. The smallest absolute Gasteiger partial charge is 0.134 e. The van der Waals surface area contributed by atoms with Crippen LogP contribution in [0.1, 0.15) is 12.5 Å². The Hall–Kier alpha value is -1.75. The molecule has 1 atom stereocenters. The van der Waals surface area contributed by atoms with E-state index in [2.05, 4.69) is 5.16 Å². The van der Waals surface area contributed by atoms with Crippen LogP contribution < -0.4 is 9.47 Å². The molecule has 0 radical (unpaired) electrons. The molecule has 1 aliphatic heterocycles. The summed E-state index contributed by atoms with van der Waals surface area (Å²) in [6, 6.07) is 5.24. The van der Waals surface area contributed by atoms with Crippen molar-refractivity contribution in [1.82, 2.24) is 0 Å². The Balaban J connectivity index is 2.15. The van der Waals surface area contributed by atoms with E-state index >= 15 is 0 Å². The predicted molar refractivity (Wildman–Crippen MR) is 57.4 cm³/mol. The van der Waals surface area contributed by atoms with Gasteiger partial charge in [0.05, 0.1) is 6.10 Å². The second-order valence-corrected chi connectivity index (χ2v) is 3.65. The highest BCUT2D eigenvalue weighted by atomic mass is 16.5. The number of oxime groups is 1. The van der Waals surface area contributed by atoms with Crippen LogP contribution in [0.2, 0.25) is 0 Å². The molecule has 0 aliphatic carbocycles. The predicted octanol–water partition coefficient (Wildman–Crippen LogP) is 1.02. The van der Waals surface area contributed by atoms with Crippen LogP contribution in [0.25, 0.3) is 0 Å². The van der Waals surface area contributed by atoms with Crippen molar-refractivity contribution in [3.8, 4) is 11.5 Å². The van der Waals surface area contributed by atoms with Gasteiger partial charge >= 0.3 is 0 Å². The first kappa shape index (κ1) is 10.8. The van der Waals surface area contributed by atoms with Crippen molar-refractivity contribution in [3.63, 3.8) is 0 Å². The van der Waals surface area contributed by atoms with Gasteiger partial charge in [0, 0.05) is 11.6 Å². The lowest BCUT2D eigenvalue weighted by Crippen LogP contribution is -2.12. The van der Waals surface area contributed by atoms with Crippen molar-refractivity contribution in [2.24, 2.45) is 5.16 Å². The number of hydrogen-bond donors (Lipinski definition) is 2. The van der Waals surface area contributed by atoms with Gasteiger partial charge in [-0.3, -0.25) is 0 Å². The van der Waals surface area contributed by atoms with Crippen molar-refractivity contribution in [1.29, 1.82) is 0 Å². The highest BCUT2D eigenvalue weighted by molar-refractivity contribution is 6.05. The quantitative estimate of drug-likeness (QED) is 0.592. The number of aliphatic hydroxyl groups is 1. The minimum atomic E-state index is -0.510. The molecule has 2 N–H and O–H groups in total. The number of benzene rings is 1. The van der Waals surface area contributed by atoms with Gasteiger partial charge in [-0.25, -0.2) is 0 Å². The fraction of sp³-hybridized carbons (Fsp3) is 0.364. The van der Waals surface area contributed by atoms with Gasteiger partial charge in [0.15, 0.2) is 0 Å². The Morgan fingerprint density at radius 2 is 2.38 bits per heavy atom. The first-order valence-corrected chi connectivity index (χ1v) is 4.99. The standard InChI is InChI=1S/C11H13NO4/c1-7(13)5-15-8-2-3-9-10(12-14)6-16-11(9)4-8/h2-4,7,13-14H,5-6H2,1H3. The molecule has 0 aromatic heterocycles. The summed E-state index contributed by atoms with van der Waals surface area (Å²) in [5.41, 5.74) is 1.28. The van der Waals surface area contributed by atoms with Crippen LogP contribution in [0.3, 0.4) is 0 Å². The van der Waals surface area contributed by atoms with Gasteiger partial charge in [0.1, 0.15) is 30.4 Å². The Morgan fingerprint density at radius 3 is 3.06 bits per heavy atom. The molecule has 1 aromatic rings. The molecule has 0 bridgehead atoms. The largest absolute Gasteiger partial charge is 0.491 e. The minimum Gasteiger partial charge on any atom is -0.491 e. The molecular formula is C11H13NO4. The molecule has 0 saturated heterocycles. The number of fused-ring (bicyclic) bond motifs is 1. The zero-order valence-electron chi connectivity index (χ0n) is 8.88. The SMILES string of the molecule is CC(O)COc1ccc2c(c1)OCC2=NO.